The normalized spacial score (nSPS) is 12.2. The van der Waals surface area contributed by atoms with Gasteiger partial charge in [-0.1, -0.05) is 19.8 Å². The van der Waals surface area contributed by atoms with Crippen molar-refractivity contribution in [2.45, 2.75) is 39.2 Å². The second-order valence-corrected chi connectivity index (χ2v) is 4.48. The molecule has 0 radical (unpaired) electrons. The highest BCUT2D eigenvalue weighted by atomic mass is 16.4. The van der Waals surface area contributed by atoms with Crippen molar-refractivity contribution in [3.63, 3.8) is 0 Å². The molecule has 0 saturated heterocycles. The summed E-state index contributed by atoms with van der Waals surface area (Å²) in [5.74, 6) is -1.30. The van der Waals surface area contributed by atoms with Gasteiger partial charge < -0.3 is 16.2 Å². The summed E-state index contributed by atoms with van der Waals surface area (Å²) in [6.07, 6.45) is 2.00. The van der Waals surface area contributed by atoms with Gasteiger partial charge in [-0.2, -0.15) is 5.10 Å². The van der Waals surface area contributed by atoms with Gasteiger partial charge in [-0.25, -0.2) is 4.79 Å². The van der Waals surface area contributed by atoms with Gasteiger partial charge in [0.15, 0.2) is 0 Å². The van der Waals surface area contributed by atoms with Gasteiger partial charge in [-0.15, -0.1) is 0 Å². The number of aryl methyl sites for hydroxylation is 2. The minimum Gasteiger partial charge on any atom is -0.480 e. The summed E-state index contributed by atoms with van der Waals surface area (Å²) >= 11 is 0. The number of hydrogen-bond donors (Lipinski definition) is 3. The van der Waals surface area contributed by atoms with Gasteiger partial charge in [0.25, 0.3) is 5.91 Å². The maximum atomic E-state index is 12.1. The molecule has 0 aromatic carbocycles. The summed E-state index contributed by atoms with van der Waals surface area (Å²) in [6.45, 7) is 3.62. The summed E-state index contributed by atoms with van der Waals surface area (Å²) in [5.41, 5.74) is 6.47. The van der Waals surface area contributed by atoms with E-state index in [4.69, 9.17) is 10.8 Å². The number of nitrogen functional groups attached to an aromatic ring is 1. The van der Waals surface area contributed by atoms with Crippen LogP contribution in [0.25, 0.3) is 0 Å². The standard InChI is InChI=1S/C12H20N4O3/c1-4-5-6-8(12(18)19)14-11(17)9-7(2)15-16(3)10(9)13/h8H,4-6,13H2,1-3H3,(H,14,17)(H,18,19). The predicted molar refractivity (Wildman–Crippen MR) is 70.8 cm³/mol. The van der Waals surface area contributed by atoms with Crippen LogP contribution in [0.3, 0.4) is 0 Å². The van der Waals surface area contributed by atoms with E-state index in [0.717, 1.165) is 12.8 Å². The molecular formula is C12H20N4O3. The van der Waals surface area contributed by atoms with Crippen molar-refractivity contribution >= 4 is 17.7 Å². The summed E-state index contributed by atoms with van der Waals surface area (Å²) in [5, 5.41) is 15.6. The van der Waals surface area contributed by atoms with Crippen LogP contribution >= 0.6 is 0 Å². The number of anilines is 1. The number of carbonyl (C=O) groups is 2. The van der Waals surface area contributed by atoms with Crippen molar-refractivity contribution in [1.82, 2.24) is 15.1 Å². The van der Waals surface area contributed by atoms with Crippen molar-refractivity contribution in [2.75, 3.05) is 5.73 Å². The van der Waals surface area contributed by atoms with Gasteiger partial charge >= 0.3 is 5.97 Å². The Balaban J connectivity index is 2.85. The average Bonchev–Trinajstić information content (AvgIpc) is 2.58. The maximum absolute atomic E-state index is 12.1. The third kappa shape index (κ3) is 3.46. The first-order chi connectivity index (χ1) is 8.88. The highest BCUT2D eigenvalue weighted by molar-refractivity contribution is 6.01. The number of amides is 1. The highest BCUT2D eigenvalue weighted by Gasteiger charge is 2.24. The molecule has 0 saturated carbocycles. The Morgan fingerprint density at radius 2 is 2.16 bits per heavy atom. The van der Waals surface area contributed by atoms with Crippen molar-refractivity contribution in [1.29, 1.82) is 0 Å². The first kappa shape index (κ1) is 15.0. The molecule has 7 nitrogen and oxygen atoms in total. The lowest BCUT2D eigenvalue weighted by Gasteiger charge is -2.14. The molecule has 4 N–H and O–H groups in total. The first-order valence-electron chi connectivity index (χ1n) is 6.21. The third-order valence-corrected chi connectivity index (χ3v) is 2.94. The van der Waals surface area contributed by atoms with E-state index in [-0.39, 0.29) is 11.4 Å². The molecular weight excluding hydrogens is 248 g/mol. The van der Waals surface area contributed by atoms with Crippen molar-refractivity contribution in [2.24, 2.45) is 7.05 Å². The molecule has 0 fully saturated rings. The topological polar surface area (TPSA) is 110 Å². The average molecular weight is 268 g/mol. The second kappa shape index (κ2) is 6.21. The van der Waals surface area contributed by atoms with Crippen molar-refractivity contribution < 1.29 is 14.7 Å². The third-order valence-electron chi connectivity index (χ3n) is 2.94. The zero-order valence-corrected chi connectivity index (χ0v) is 11.4. The van der Waals surface area contributed by atoms with Crippen LogP contribution < -0.4 is 11.1 Å². The van der Waals surface area contributed by atoms with Crippen molar-refractivity contribution in [3.8, 4) is 0 Å². The van der Waals surface area contributed by atoms with Crippen LogP contribution in [0.15, 0.2) is 0 Å². The van der Waals surface area contributed by atoms with Crippen LogP contribution in [0.1, 0.15) is 42.2 Å². The van der Waals surface area contributed by atoms with Crippen LogP contribution in [0.2, 0.25) is 0 Å². The Kier molecular flexibility index (Phi) is 4.91. The fourth-order valence-corrected chi connectivity index (χ4v) is 1.85. The number of carbonyl (C=O) groups excluding carboxylic acids is 1. The number of nitrogens with one attached hydrogen (secondary N) is 1. The van der Waals surface area contributed by atoms with E-state index in [9.17, 15) is 9.59 Å². The van der Waals surface area contributed by atoms with Crippen LogP contribution in [0.5, 0.6) is 0 Å². The molecule has 0 spiro atoms. The highest BCUT2D eigenvalue weighted by Crippen LogP contribution is 2.15. The van der Waals surface area contributed by atoms with Crippen LogP contribution in [-0.2, 0) is 11.8 Å². The molecule has 1 aromatic heterocycles. The minimum absolute atomic E-state index is 0.231. The molecule has 106 valence electrons. The maximum Gasteiger partial charge on any atom is 0.326 e. The van der Waals surface area contributed by atoms with E-state index in [1.54, 1.807) is 14.0 Å². The van der Waals surface area contributed by atoms with Crippen molar-refractivity contribution in [3.05, 3.63) is 11.3 Å². The number of carboxylic acid groups (broad SMARTS) is 1. The van der Waals surface area contributed by atoms with Crippen LogP contribution in [0, 0.1) is 6.92 Å². The van der Waals surface area contributed by atoms with Gasteiger partial charge in [0.1, 0.15) is 17.4 Å². The number of aromatic nitrogens is 2. The molecule has 1 amide bonds. The Bertz CT molecular complexity index is 482. The zero-order chi connectivity index (χ0) is 14.6. The number of nitrogens with zero attached hydrogens (tertiary/aromatic N) is 2. The van der Waals surface area contributed by atoms with E-state index in [2.05, 4.69) is 10.4 Å². The summed E-state index contributed by atoms with van der Waals surface area (Å²) in [6, 6.07) is -0.897. The Morgan fingerprint density at radius 1 is 1.53 bits per heavy atom. The van der Waals surface area contributed by atoms with Gasteiger partial charge in [-0.05, 0) is 13.3 Å². The quantitative estimate of drug-likeness (QED) is 0.702. The van der Waals surface area contributed by atoms with Gasteiger partial charge in [0.2, 0.25) is 0 Å². The largest absolute Gasteiger partial charge is 0.480 e. The Morgan fingerprint density at radius 3 is 2.58 bits per heavy atom. The lowest BCUT2D eigenvalue weighted by atomic mass is 10.1. The number of hydrogen-bond acceptors (Lipinski definition) is 4. The zero-order valence-electron chi connectivity index (χ0n) is 11.4. The van der Waals surface area contributed by atoms with E-state index in [1.165, 1.54) is 4.68 Å². The second-order valence-electron chi connectivity index (χ2n) is 4.48. The number of aliphatic carboxylic acids is 1. The first-order valence-corrected chi connectivity index (χ1v) is 6.21. The Labute approximate surface area is 111 Å². The lowest BCUT2D eigenvalue weighted by molar-refractivity contribution is -0.139. The molecule has 1 atom stereocenters. The number of nitrogens with two attached hydrogens (primary N) is 1. The molecule has 0 bridgehead atoms. The van der Waals surface area contributed by atoms with Crippen LogP contribution in [0.4, 0.5) is 5.82 Å². The van der Waals surface area contributed by atoms with Gasteiger partial charge in [0, 0.05) is 7.05 Å². The lowest BCUT2D eigenvalue weighted by Crippen LogP contribution is -2.41. The molecule has 0 aliphatic rings. The van der Waals surface area contributed by atoms with E-state index in [1.807, 2.05) is 6.92 Å². The number of unbranched alkanes of at least 4 members (excludes halogenated alkanes) is 1. The molecule has 0 aliphatic heterocycles. The molecule has 1 heterocycles. The van der Waals surface area contributed by atoms with E-state index >= 15 is 0 Å². The molecule has 1 rings (SSSR count). The summed E-state index contributed by atoms with van der Waals surface area (Å²) in [4.78, 5) is 23.2. The van der Waals surface area contributed by atoms with Crippen LogP contribution in [-0.4, -0.2) is 32.8 Å². The smallest absolute Gasteiger partial charge is 0.326 e. The molecule has 1 aromatic rings. The van der Waals surface area contributed by atoms with Gasteiger partial charge in [0.05, 0.1) is 5.69 Å². The SMILES string of the molecule is CCCCC(NC(=O)c1c(C)nn(C)c1N)C(=O)O. The molecule has 0 aliphatic carbocycles. The fourth-order valence-electron chi connectivity index (χ4n) is 1.85. The minimum atomic E-state index is -1.04. The summed E-state index contributed by atoms with van der Waals surface area (Å²) < 4.78 is 1.39. The molecule has 7 heteroatoms. The van der Waals surface area contributed by atoms with Gasteiger partial charge in [-0.3, -0.25) is 9.48 Å². The van der Waals surface area contributed by atoms with E-state index < -0.39 is 17.9 Å². The monoisotopic (exact) mass is 268 g/mol. The summed E-state index contributed by atoms with van der Waals surface area (Å²) in [7, 11) is 1.63. The Hall–Kier alpha value is -2.05. The number of rotatable bonds is 6. The molecule has 1 unspecified atom stereocenters. The molecule has 19 heavy (non-hydrogen) atoms. The number of carboxylic acids is 1. The predicted octanol–water partition coefficient (Wildman–Crippen LogP) is 0.684. The fraction of sp³-hybridized carbons (Fsp3) is 0.583. The van der Waals surface area contributed by atoms with E-state index in [0.29, 0.717) is 12.1 Å².